The molecule has 6 nitrogen and oxygen atoms in total. The van der Waals surface area contributed by atoms with E-state index in [1.807, 2.05) is 0 Å². The quantitative estimate of drug-likeness (QED) is 0.0263. The number of esters is 3. The van der Waals surface area contributed by atoms with Crippen LogP contribution in [-0.2, 0) is 28.6 Å². The van der Waals surface area contributed by atoms with Gasteiger partial charge in [-0.3, -0.25) is 14.4 Å². The molecule has 0 aliphatic rings. The van der Waals surface area contributed by atoms with Crippen LogP contribution in [0.4, 0.5) is 0 Å². The van der Waals surface area contributed by atoms with E-state index >= 15 is 0 Å². The highest BCUT2D eigenvalue weighted by atomic mass is 16.6. The molecule has 0 N–H and O–H groups in total. The Balaban J connectivity index is 4.02. The van der Waals surface area contributed by atoms with Gasteiger partial charge in [0.15, 0.2) is 6.10 Å². The first kappa shape index (κ1) is 58.1. The molecule has 0 radical (unpaired) electrons. The molecule has 0 aliphatic heterocycles. The van der Waals surface area contributed by atoms with E-state index in [-0.39, 0.29) is 31.1 Å². The van der Waals surface area contributed by atoms with Gasteiger partial charge in [0.1, 0.15) is 13.2 Å². The first-order valence-corrected chi connectivity index (χ1v) is 25.8. The molecule has 0 rings (SSSR count). The lowest BCUT2D eigenvalue weighted by Gasteiger charge is -2.18. The fourth-order valence-corrected chi connectivity index (χ4v) is 7.14. The summed E-state index contributed by atoms with van der Waals surface area (Å²) in [5, 5.41) is 0. The maximum atomic E-state index is 12.7. The van der Waals surface area contributed by atoms with Crippen molar-refractivity contribution in [1.29, 1.82) is 0 Å². The SMILES string of the molecule is CC/C=C\C/C=C\C/C=C\C/C=C\CCCCCCCCCCCCCCCCC(=O)OCC(COC(=O)CCCCCCCC)OC(=O)CCCCCCC/C=C\CCC. The predicted octanol–water partition coefficient (Wildman–Crippen LogP) is 16.9. The molecule has 352 valence electrons. The second-order valence-electron chi connectivity index (χ2n) is 17.1. The minimum absolute atomic E-state index is 0.0763. The third kappa shape index (κ3) is 48.0. The summed E-state index contributed by atoms with van der Waals surface area (Å²) < 4.78 is 16.6. The van der Waals surface area contributed by atoms with Crippen molar-refractivity contribution in [3.63, 3.8) is 0 Å². The van der Waals surface area contributed by atoms with Crippen LogP contribution in [0, 0.1) is 0 Å². The zero-order valence-corrected chi connectivity index (χ0v) is 40.2. The van der Waals surface area contributed by atoms with E-state index in [1.165, 1.54) is 109 Å². The van der Waals surface area contributed by atoms with Gasteiger partial charge >= 0.3 is 17.9 Å². The fraction of sp³-hybridized carbons (Fsp3) is 0.764. The van der Waals surface area contributed by atoms with Crippen molar-refractivity contribution in [3.8, 4) is 0 Å². The lowest BCUT2D eigenvalue weighted by molar-refractivity contribution is -0.167. The molecule has 0 spiro atoms. The standard InChI is InChI=1S/C55H96O6/c1-4-7-10-13-16-18-20-21-22-23-24-25-26-27-28-29-30-31-32-33-34-35-36-38-39-42-45-48-54(57)60-51-52(50-59-53(56)47-44-41-15-12-9-6-3)61-55(58)49-46-43-40-37-19-17-14-11-8-5-2/h7,10-11,14,16,18,21-22,24-25,52H,4-6,8-9,12-13,15,17,19-20,23,26-51H2,1-3H3/b10-7-,14-11-,18-16-,22-21-,25-24-. The summed E-state index contributed by atoms with van der Waals surface area (Å²) in [6, 6.07) is 0. The Bertz CT molecular complexity index is 1120. The van der Waals surface area contributed by atoms with Gasteiger partial charge in [0, 0.05) is 19.3 Å². The van der Waals surface area contributed by atoms with Gasteiger partial charge in [-0.2, -0.15) is 0 Å². The average molecular weight is 853 g/mol. The van der Waals surface area contributed by atoms with Gasteiger partial charge in [0.2, 0.25) is 0 Å². The number of rotatable bonds is 46. The topological polar surface area (TPSA) is 78.9 Å². The van der Waals surface area contributed by atoms with Crippen LogP contribution in [0.1, 0.15) is 252 Å². The van der Waals surface area contributed by atoms with E-state index < -0.39 is 6.10 Å². The van der Waals surface area contributed by atoms with E-state index in [9.17, 15) is 14.4 Å². The predicted molar refractivity (Wildman–Crippen MR) is 261 cm³/mol. The number of allylic oxidation sites excluding steroid dienone is 10. The van der Waals surface area contributed by atoms with E-state index in [4.69, 9.17) is 14.2 Å². The Kier molecular flexibility index (Phi) is 47.4. The molecule has 0 saturated heterocycles. The van der Waals surface area contributed by atoms with E-state index in [0.717, 1.165) is 103 Å². The monoisotopic (exact) mass is 853 g/mol. The zero-order valence-electron chi connectivity index (χ0n) is 40.2. The fourth-order valence-electron chi connectivity index (χ4n) is 7.14. The van der Waals surface area contributed by atoms with Crippen molar-refractivity contribution in [2.45, 2.75) is 258 Å². The molecule has 0 heterocycles. The number of ether oxygens (including phenoxy) is 3. The van der Waals surface area contributed by atoms with Crippen LogP contribution >= 0.6 is 0 Å². The minimum atomic E-state index is -0.771. The summed E-state index contributed by atoms with van der Waals surface area (Å²) in [6.45, 7) is 6.40. The molecule has 0 aromatic carbocycles. The van der Waals surface area contributed by atoms with Gasteiger partial charge < -0.3 is 14.2 Å². The van der Waals surface area contributed by atoms with Gasteiger partial charge in [-0.15, -0.1) is 0 Å². The molecule has 61 heavy (non-hydrogen) atoms. The smallest absolute Gasteiger partial charge is 0.306 e. The summed E-state index contributed by atoms with van der Waals surface area (Å²) in [5.74, 6) is -0.895. The largest absolute Gasteiger partial charge is 0.462 e. The summed E-state index contributed by atoms with van der Waals surface area (Å²) in [6.07, 6.45) is 61.1. The van der Waals surface area contributed by atoms with Crippen LogP contribution in [0.5, 0.6) is 0 Å². The first-order chi connectivity index (χ1) is 30.0. The van der Waals surface area contributed by atoms with E-state index in [1.54, 1.807) is 0 Å². The Labute approximate surface area is 377 Å². The van der Waals surface area contributed by atoms with Gasteiger partial charge in [0.25, 0.3) is 0 Å². The molecular weight excluding hydrogens is 757 g/mol. The number of carbonyl (C=O) groups excluding carboxylic acids is 3. The Hall–Kier alpha value is -2.89. The van der Waals surface area contributed by atoms with Crippen LogP contribution in [0.25, 0.3) is 0 Å². The van der Waals surface area contributed by atoms with Gasteiger partial charge in [0.05, 0.1) is 0 Å². The normalized spacial score (nSPS) is 12.5. The Morgan fingerprint density at radius 3 is 1.08 bits per heavy atom. The molecule has 1 atom stereocenters. The average Bonchev–Trinajstić information content (AvgIpc) is 3.26. The lowest BCUT2D eigenvalue weighted by Crippen LogP contribution is -2.30. The molecule has 1 unspecified atom stereocenters. The molecule has 0 amide bonds. The molecule has 0 fully saturated rings. The molecule has 0 aliphatic carbocycles. The molecule has 0 bridgehead atoms. The van der Waals surface area contributed by atoms with E-state index in [0.29, 0.717) is 19.3 Å². The molecule has 0 aromatic heterocycles. The van der Waals surface area contributed by atoms with Crippen LogP contribution in [0.15, 0.2) is 60.8 Å². The van der Waals surface area contributed by atoms with Gasteiger partial charge in [-0.25, -0.2) is 0 Å². The minimum Gasteiger partial charge on any atom is -0.462 e. The van der Waals surface area contributed by atoms with Crippen molar-refractivity contribution in [2.24, 2.45) is 0 Å². The second kappa shape index (κ2) is 49.8. The van der Waals surface area contributed by atoms with E-state index in [2.05, 4.69) is 81.5 Å². The molecular formula is C55H96O6. The summed E-state index contributed by atoms with van der Waals surface area (Å²) in [4.78, 5) is 37.6. The number of carbonyl (C=O) groups is 3. The number of unbranched alkanes of at least 4 members (excludes halogenated alkanes) is 25. The zero-order chi connectivity index (χ0) is 44.4. The highest BCUT2D eigenvalue weighted by molar-refractivity contribution is 5.71. The van der Waals surface area contributed by atoms with Gasteiger partial charge in [-0.1, -0.05) is 216 Å². The van der Waals surface area contributed by atoms with Crippen molar-refractivity contribution < 1.29 is 28.6 Å². The van der Waals surface area contributed by atoms with Crippen molar-refractivity contribution in [2.75, 3.05) is 13.2 Å². The third-order valence-corrected chi connectivity index (χ3v) is 11.0. The van der Waals surface area contributed by atoms with Crippen LogP contribution in [-0.4, -0.2) is 37.2 Å². The molecule has 0 aromatic rings. The Morgan fingerprint density at radius 1 is 0.344 bits per heavy atom. The maximum absolute atomic E-state index is 12.7. The second-order valence-corrected chi connectivity index (χ2v) is 17.1. The summed E-state index contributed by atoms with van der Waals surface area (Å²) in [5.41, 5.74) is 0. The maximum Gasteiger partial charge on any atom is 0.306 e. The number of hydrogen-bond donors (Lipinski definition) is 0. The first-order valence-electron chi connectivity index (χ1n) is 25.8. The molecule has 0 saturated carbocycles. The Morgan fingerprint density at radius 2 is 0.672 bits per heavy atom. The summed E-state index contributed by atoms with van der Waals surface area (Å²) >= 11 is 0. The highest BCUT2D eigenvalue weighted by Crippen LogP contribution is 2.15. The summed E-state index contributed by atoms with van der Waals surface area (Å²) in [7, 11) is 0. The number of hydrogen-bond acceptors (Lipinski definition) is 6. The van der Waals surface area contributed by atoms with Crippen LogP contribution in [0.2, 0.25) is 0 Å². The van der Waals surface area contributed by atoms with Crippen molar-refractivity contribution in [3.05, 3.63) is 60.8 Å². The molecule has 6 heteroatoms. The lowest BCUT2D eigenvalue weighted by atomic mass is 10.0. The highest BCUT2D eigenvalue weighted by Gasteiger charge is 2.19. The third-order valence-electron chi connectivity index (χ3n) is 11.0. The van der Waals surface area contributed by atoms with Crippen LogP contribution in [0.3, 0.4) is 0 Å². The van der Waals surface area contributed by atoms with Crippen LogP contribution < -0.4 is 0 Å². The van der Waals surface area contributed by atoms with Gasteiger partial charge in [-0.05, 0) is 77.0 Å². The van der Waals surface area contributed by atoms with Crippen molar-refractivity contribution >= 4 is 17.9 Å². The van der Waals surface area contributed by atoms with Crippen molar-refractivity contribution in [1.82, 2.24) is 0 Å².